The molecular formula is C14H15F3N2S. The van der Waals surface area contributed by atoms with Crippen LogP contribution in [0.15, 0.2) is 23.7 Å². The Hall–Kier alpha value is -1.40. The van der Waals surface area contributed by atoms with Crippen LogP contribution in [0.25, 0.3) is 0 Å². The number of rotatable bonds is 6. The molecule has 1 atom stereocenters. The van der Waals surface area contributed by atoms with E-state index in [2.05, 4.69) is 10.3 Å². The average molecular weight is 300 g/mol. The minimum Gasteiger partial charge on any atom is -0.310 e. The summed E-state index contributed by atoms with van der Waals surface area (Å²) in [7, 11) is 0. The maximum absolute atomic E-state index is 13.3. The van der Waals surface area contributed by atoms with Crippen LogP contribution >= 0.6 is 11.3 Å². The highest BCUT2D eigenvalue weighted by Gasteiger charge is 2.18. The zero-order valence-electron chi connectivity index (χ0n) is 11.0. The highest BCUT2D eigenvalue weighted by Crippen LogP contribution is 2.23. The number of nitrogens with zero attached hydrogens (tertiary/aromatic N) is 1. The summed E-state index contributed by atoms with van der Waals surface area (Å²) in [6.45, 7) is 2.70. The highest BCUT2D eigenvalue weighted by atomic mass is 32.1. The van der Waals surface area contributed by atoms with E-state index in [0.29, 0.717) is 18.5 Å². The number of nitrogens with one attached hydrogen (secondary N) is 1. The molecule has 0 saturated carbocycles. The Morgan fingerprint density at radius 3 is 2.50 bits per heavy atom. The van der Waals surface area contributed by atoms with Crippen LogP contribution < -0.4 is 5.32 Å². The summed E-state index contributed by atoms with van der Waals surface area (Å²) in [5.41, 5.74) is 0.394. The molecule has 2 aromatic rings. The molecule has 1 aromatic heterocycles. The fourth-order valence-corrected chi connectivity index (χ4v) is 2.59. The van der Waals surface area contributed by atoms with Gasteiger partial charge >= 0.3 is 0 Å². The SMILES string of the molecule is CCCNC(Cc1nccs1)c1cc(F)c(F)c(F)c1. The molecule has 0 saturated heterocycles. The van der Waals surface area contributed by atoms with Gasteiger partial charge in [-0.2, -0.15) is 0 Å². The van der Waals surface area contributed by atoms with Gasteiger partial charge in [0.05, 0.1) is 5.01 Å². The van der Waals surface area contributed by atoms with Crippen LogP contribution in [0.4, 0.5) is 13.2 Å². The van der Waals surface area contributed by atoms with Crippen LogP contribution in [-0.4, -0.2) is 11.5 Å². The number of benzene rings is 1. The van der Waals surface area contributed by atoms with E-state index >= 15 is 0 Å². The van der Waals surface area contributed by atoms with E-state index < -0.39 is 17.5 Å². The van der Waals surface area contributed by atoms with E-state index in [-0.39, 0.29) is 6.04 Å². The predicted octanol–water partition coefficient (Wildman–Crippen LogP) is 3.84. The number of aromatic nitrogens is 1. The molecular weight excluding hydrogens is 285 g/mol. The Morgan fingerprint density at radius 1 is 1.25 bits per heavy atom. The van der Waals surface area contributed by atoms with Gasteiger partial charge in [0.2, 0.25) is 0 Å². The van der Waals surface area contributed by atoms with Crippen molar-refractivity contribution in [2.24, 2.45) is 0 Å². The summed E-state index contributed by atoms with van der Waals surface area (Å²) in [5.74, 6) is -3.76. The van der Waals surface area contributed by atoms with Crippen molar-refractivity contribution < 1.29 is 13.2 Å². The lowest BCUT2D eigenvalue weighted by molar-refractivity contribution is 0.438. The van der Waals surface area contributed by atoms with Crippen molar-refractivity contribution in [2.45, 2.75) is 25.8 Å². The molecule has 0 amide bonds. The van der Waals surface area contributed by atoms with Crippen molar-refractivity contribution in [3.05, 3.63) is 51.7 Å². The van der Waals surface area contributed by atoms with Crippen LogP contribution in [0.2, 0.25) is 0 Å². The number of hydrogen-bond acceptors (Lipinski definition) is 3. The van der Waals surface area contributed by atoms with Crippen molar-refractivity contribution in [3.63, 3.8) is 0 Å². The van der Waals surface area contributed by atoms with E-state index in [0.717, 1.165) is 23.6 Å². The molecule has 0 bridgehead atoms. The quantitative estimate of drug-likeness (QED) is 0.820. The van der Waals surface area contributed by atoms with Gasteiger partial charge in [0.25, 0.3) is 0 Å². The first-order valence-corrected chi connectivity index (χ1v) is 7.26. The van der Waals surface area contributed by atoms with Gasteiger partial charge in [-0.25, -0.2) is 18.2 Å². The molecule has 0 fully saturated rings. The first-order valence-electron chi connectivity index (χ1n) is 6.38. The summed E-state index contributed by atoms with van der Waals surface area (Å²) in [5, 5.41) is 5.92. The first-order chi connectivity index (χ1) is 9.61. The number of halogens is 3. The standard InChI is InChI=1S/C14H15F3N2S/c1-2-3-18-12(8-13-19-4-5-20-13)9-6-10(15)14(17)11(16)7-9/h4-7,12,18H,2-3,8H2,1H3. The van der Waals surface area contributed by atoms with Crippen molar-refractivity contribution in [2.75, 3.05) is 6.54 Å². The Labute approximate surface area is 119 Å². The fourth-order valence-electron chi connectivity index (χ4n) is 1.93. The monoisotopic (exact) mass is 300 g/mol. The van der Waals surface area contributed by atoms with E-state index in [9.17, 15) is 13.2 Å². The third-order valence-corrected chi connectivity index (χ3v) is 3.71. The normalized spacial score (nSPS) is 12.6. The van der Waals surface area contributed by atoms with Gasteiger partial charge < -0.3 is 5.32 Å². The van der Waals surface area contributed by atoms with Crippen molar-refractivity contribution in [3.8, 4) is 0 Å². The second-order valence-corrected chi connectivity index (χ2v) is 5.41. The lowest BCUT2D eigenvalue weighted by Gasteiger charge is -2.18. The fraction of sp³-hybridized carbons (Fsp3) is 0.357. The first kappa shape index (κ1) is 15.0. The molecule has 6 heteroatoms. The van der Waals surface area contributed by atoms with Gasteiger partial charge in [-0.15, -0.1) is 11.3 Å². The number of hydrogen-bond donors (Lipinski definition) is 1. The summed E-state index contributed by atoms with van der Waals surface area (Å²) in [6, 6.07) is 1.80. The van der Waals surface area contributed by atoms with Crippen molar-refractivity contribution in [1.82, 2.24) is 10.3 Å². The smallest absolute Gasteiger partial charge is 0.194 e. The van der Waals surface area contributed by atoms with Gasteiger partial charge in [0.15, 0.2) is 17.5 Å². The Bertz CT molecular complexity index is 535. The molecule has 1 aromatic carbocycles. The van der Waals surface area contributed by atoms with Crippen molar-refractivity contribution >= 4 is 11.3 Å². The molecule has 1 N–H and O–H groups in total. The van der Waals surface area contributed by atoms with E-state index in [1.54, 1.807) is 6.20 Å². The largest absolute Gasteiger partial charge is 0.310 e. The summed E-state index contributed by atoms with van der Waals surface area (Å²) in [4.78, 5) is 4.17. The maximum atomic E-state index is 13.3. The Kier molecular flexibility index (Phi) is 5.14. The molecule has 0 aliphatic heterocycles. The molecule has 0 aliphatic rings. The van der Waals surface area contributed by atoms with Gasteiger partial charge in [-0.3, -0.25) is 0 Å². The minimum absolute atomic E-state index is 0.286. The average Bonchev–Trinajstić information content (AvgIpc) is 2.93. The van der Waals surface area contributed by atoms with E-state index in [1.807, 2.05) is 12.3 Å². The van der Waals surface area contributed by atoms with Crippen LogP contribution in [0.3, 0.4) is 0 Å². The van der Waals surface area contributed by atoms with Gasteiger partial charge in [-0.1, -0.05) is 6.92 Å². The maximum Gasteiger partial charge on any atom is 0.194 e. The Balaban J connectivity index is 2.25. The molecule has 1 unspecified atom stereocenters. The minimum atomic E-state index is -1.43. The van der Waals surface area contributed by atoms with E-state index in [4.69, 9.17) is 0 Å². The lowest BCUT2D eigenvalue weighted by atomic mass is 10.0. The third kappa shape index (κ3) is 3.58. The molecule has 0 aliphatic carbocycles. The van der Waals surface area contributed by atoms with Gasteiger partial charge in [-0.05, 0) is 30.7 Å². The summed E-state index contributed by atoms with van der Waals surface area (Å²) in [6.07, 6.45) is 3.09. The molecule has 1 heterocycles. The van der Waals surface area contributed by atoms with Crippen LogP contribution in [0.1, 0.15) is 30.0 Å². The van der Waals surface area contributed by atoms with E-state index in [1.165, 1.54) is 11.3 Å². The van der Waals surface area contributed by atoms with Gasteiger partial charge in [0, 0.05) is 24.0 Å². The predicted molar refractivity (Wildman–Crippen MR) is 73.2 cm³/mol. The molecule has 2 nitrogen and oxygen atoms in total. The van der Waals surface area contributed by atoms with Crippen LogP contribution in [0.5, 0.6) is 0 Å². The third-order valence-electron chi connectivity index (χ3n) is 2.91. The topological polar surface area (TPSA) is 24.9 Å². The van der Waals surface area contributed by atoms with Gasteiger partial charge in [0.1, 0.15) is 0 Å². The Morgan fingerprint density at radius 2 is 1.95 bits per heavy atom. The molecule has 0 spiro atoms. The molecule has 20 heavy (non-hydrogen) atoms. The van der Waals surface area contributed by atoms with Crippen LogP contribution in [-0.2, 0) is 6.42 Å². The summed E-state index contributed by atoms with van der Waals surface area (Å²) < 4.78 is 39.7. The van der Waals surface area contributed by atoms with Crippen LogP contribution in [0, 0.1) is 17.5 Å². The zero-order chi connectivity index (χ0) is 14.5. The zero-order valence-corrected chi connectivity index (χ0v) is 11.8. The lowest BCUT2D eigenvalue weighted by Crippen LogP contribution is -2.24. The van der Waals surface area contributed by atoms with Crippen molar-refractivity contribution in [1.29, 1.82) is 0 Å². The number of thiazole rings is 1. The highest BCUT2D eigenvalue weighted by molar-refractivity contribution is 7.09. The second kappa shape index (κ2) is 6.85. The second-order valence-electron chi connectivity index (χ2n) is 4.44. The molecule has 108 valence electrons. The molecule has 2 rings (SSSR count). The molecule has 0 radical (unpaired) electrons. The summed E-state index contributed by atoms with van der Waals surface area (Å²) >= 11 is 1.48.